The van der Waals surface area contributed by atoms with Crippen LogP contribution in [0.25, 0.3) is 0 Å². The van der Waals surface area contributed by atoms with Gasteiger partial charge in [0.05, 0.1) is 6.61 Å². The molecule has 1 unspecified atom stereocenters. The minimum Gasteiger partial charge on any atom is -0.490 e. The highest BCUT2D eigenvalue weighted by atomic mass is 35.5. The van der Waals surface area contributed by atoms with Crippen molar-refractivity contribution < 1.29 is 23.8 Å². The summed E-state index contributed by atoms with van der Waals surface area (Å²) in [4.78, 5) is 24.8. The zero-order valence-electron chi connectivity index (χ0n) is 19.3. The third kappa shape index (κ3) is 10.4. The van der Waals surface area contributed by atoms with E-state index in [-0.39, 0.29) is 25.6 Å². The lowest BCUT2D eigenvalue weighted by Crippen LogP contribution is -2.27. The number of benzene rings is 2. The van der Waals surface area contributed by atoms with E-state index in [1.54, 1.807) is 18.7 Å². The Bertz CT molecular complexity index is 909. The van der Waals surface area contributed by atoms with Gasteiger partial charge in [-0.25, -0.2) is 4.79 Å². The van der Waals surface area contributed by atoms with Gasteiger partial charge in [0.2, 0.25) is 0 Å². The fourth-order valence-corrected chi connectivity index (χ4v) is 3.72. The lowest BCUT2D eigenvalue weighted by molar-refractivity contribution is -0.150. The number of carbonyl (C=O) groups excluding carboxylic acids is 2. The average molecular weight is 491 g/mol. The van der Waals surface area contributed by atoms with Crippen LogP contribution < -0.4 is 4.74 Å². The number of thioether (sulfide) groups is 1. The summed E-state index contributed by atoms with van der Waals surface area (Å²) >= 11 is 7.52. The van der Waals surface area contributed by atoms with Crippen LogP contribution in [0.3, 0.4) is 0 Å². The van der Waals surface area contributed by atoms with Crippen LogP contribution in [0.2, 0.25) is 5.02 Å². The van der Waals surface area contributed by atoms with Crippen LogP contribution in [0.15, 0.2) is 65.6 Å². The van der Waals surface area contributed by atoms with Gasteiger partial charge >= 0.3 is 11.9 Å². The van der Waals surface area contributed by atoms with Crippen molar-refractivity contribution in [3.8, 4) is 5.75 Å². The van der Waals surface area contributed by atoms with Crippen molar-refractivity contribution in [1.29, 1.82) is 0 Å². The molecule has 0 aromatic heterocycles. The van der Waals surface area contributed by atoms with Crippen molar-refractivity contribution in [2.45, 2.75) is 50.5 Å². The topological polar surface area (TPSA) is 61.8 Å². The molecular weight excluding hydrogens is 460 g/mol. The van der Waals surface area contributed by atoms with E-state index >= 15 is 0 Å². The molecule has 0 radical (unpaired) electrons. The molecule has 1 atom stereocenters. The van der Waals surface area contributed by atoms with Crippen molar-refractivity contribution in [3.63, 3.8) is 0 Å². The van der Waals surface area contributed by atoms with Gasteiger partial charge in [0.15, 0.2) is 0 Å². The summed E-state index contributed by atoms with van der Waals surface area (Å²) in [7, 11) is 0. The Morgan fingerprint density at radius 3 is 2.33 bits per heavy atom. The number of halogens is 1. The molecule has 7 heteroatoms. The van der Waals surface area contributed by atoms with Crippen LogP contribution >= 0.6 is 23.4 Å². The molecule has 0 spiro atoms. The molecule has 33 heavy (non-hydrogen) atoms. The average Bonchev–Trinajstić information content (AvgIpc) is 2.79. The third-order valence-corrected chi connectivity index (χ3v) is 6.03. The van der Waals surface area contributed by atoms with Crippen LogP contribution in [0.5, 0.6) is 5.75 Å². The monoisotopic (exact) mass is 490 g/mol. The standard InChI is InChI=1S/C26H31ClO5S/c1-18(2)20-7-11-22(12-8-20)31-16-23(17-33-24-13-9-21(27)10-14-24)32-25(28)6-5-15-30-26(29)19(3)4/h7-14,18,23H,3,5-6,15-17H2,1-2,4H3. The molecular formula is C26H31ClO5S. The maximum atomic E-state index is 12.4. The van der Waals surface area contributed by atoms with Crippen molar-refractivity contribution in [1.82, 2.24) is 0 Å². The molecule has 0 amide bonds. The van der Waals surface area contributed by atoms with Gasteiger partial charge in [0.25, 0.3) is 0 Å². The molecule has 0 bridgehead atoms. The van der Waals surface area contributed by atoms with E-state index in [0.29, 0.717) is 28.7 Å². The summed E-state index contributed by atoms with van der Waals surface area (Å²) in [5, 5.41) is 0.669. The van der Waals surface area contributed by atoms with Gasteiger partial charge in [-0.3, -0.25) is 4.79 Å². The normalized spacial score (nSPS) is 11.7. The second-order valence-electron chi connectivity index (χ2n) is 7.93. The largest absolute Gasteiger partial charge is 0.490 e. The highest BCUT2D eigenvalue weighted by molar-refractivity contribution is 7.99. The fraction of sp³-hybridized carbons (Fsp3) is 0.385. The summed E-state index contributed by atoms with van der Waals surface area (Å²) in [6.45, 7) is 9.76. The maximum Gasteiger partial charge on any atom is 0.333 e. The first kappa shape index (κ1) is 26.8. The van der Waals surface area contributed by atoms with Crippen LogP contribution in [0.4, 0.5) is 0 Å². The van der Waals surface area contributed by atoms with Gasteiger partial charge in [-0.2, -0.15) is 0 Å². The van der Waals surface area contributed by atoms with Crippen molar-refractivity contribution in [2.75, 3.05) is 19.0 Å². The Hall–Kier alpha value is -2.44. The molecule has 0 fully saturated rings. The molecule has 0 N–H and O–H groups in total. The van der Waals surface area contributed by atoms with Crippen molar-refractivity contribution >= 4 is 35.3 Å². The zero-order valence-corrected chi connectivity index (χ0v) is 20.9. The quantitative estimate of drug-likeness (QED) is 0.139. The zero-order chi connectivity index (χ0) is 24.2. The Kier molecular flexibility index (Phi) is 11.3. The lowest BCUT2D eigenvalue weighted by Gasteiger charge is -2.19. The van der Waals surface area contributed by atoms with Crippen LogP contribution in [0, 0.1) is 0 Å². The maximum absolute atomic E-state index is 12.4. The first-order valence-corrected chi connectivity index (χ1v) is 12.2. The number of rotatable bonds is 13. The van der Waals surface area contributed by atoms with E-state index in [2.05, 4.69) is 20.4 Å². The minimum absolute atomic E-state index is 0.143. The predicted molar refractivity (Wildman–Crippen MR) is 133 cm³/mol. The second-order valence-corrected chi connectivity index (χ2v) is 9.46. The van der Waals surface area contributed by atoms with Crippen molar-refractivity contribution in [3.05, 3.63) is 71.3 Å². The molecule has 2 rings (SSSR count). The van der Waals surface area contributed by atoms with Crippen LogP contribution in [0.1, 0.15) is 45.1 Å². The van der Waals surface area contributed by atoms with Crippen molar-refractivity contribution in [2.24, 2.45) is 0 Å². The highest BCUT2D eigenvalue weighted by Crippen LogP contribution is 2.23. The van der Waals surface area contributed by atoms with Gasteiger partial charge < -0.3 is 14.2 Å². The minimum atomic E-state index is -0.461. The molecule has 0 aliphatic carbocycles. The summed E-state index contributed by atoms with van der Waals surface area (Å²) < 4.78 is 16.6. The summed E-state index contributed by atoms with van der Waals surface area (Å²) in [6, 6.07) is 15.4. The Morgan fingerprint density at radius 1 is 1.06 bits per heavy atom. The number of carbonyl (C=O) groups is 2. The molecule has 2 aromatic rings. The van der Waals surface area contributed by atoms with E-state index in [0.717, 1.165) is 10.6 Å². The first-order valence-electron chi connectivity index (χ1n) is 10.9. The Labute approximate surface area is 205 Å². The summed E-state index contributed by atoms with van der Waals surface area (Å²) in [5.74, 6) is 0.878. The Morgan fingerprint density at radius 2 is 1.73 bits per heavy atom. The van der Waals surface area contributed by atoms with Crippen LogP contribution in [-0.4, -0.2) is 37.0 Å². The van der Waals surface area contributed by atoms with Gasteiger partial charge in [0, 0.05) is 27.7 Å². The number of hydrogen-bond acceptors (Lipinski definition) is 6. The molecule has 0 saturated heterocycles. The van der Waals surface area contributed by atoms with E-state index in [9.17, 15) is 9.59 Å². The lowest BCUT2D eigenvalue weighted by atomic mass is 10.0. The fourth-order valence-electron chi connectivity index (χ4n) is 2.72. The second kappa shape index (κ2) is 14.0. The molecule has 0 aliphatic heterocycles. The van der Waals surface area contributed by atoms with E-state index in [4.69, 9.17) is 25.8 Å². The van der Waals surface area contributed by atoms with Crippen LogP contribution in [-0.2, 0) is 19.1 Å². The van der Waals surface area contributed by atoms with E-state index in [1.807, 2.05) is 48.5 Å². The van der Waals surface area contributed by atoms with E-state index < -0.39 is 12.1 Å². The van der Waals surface area contributed by atoms with Gasteiger partial charge in [-0.1, -0.05) is 44.2 Å². The molecule has 0 aliphatic rings. The summed E-state index contributed by atoms with van der Waals surface area (Å²) in [6.07, 6.45) is 0.0853. The summed E-state index contributed by atoms with van der Waals surface area (Å²) in [5.41, 5.74) is 1.56. The number of esters is 2. The molecule has 2 aromatic carbocycles. The third-order valence-electron chi connectivity index (χ3n) is 4.64. The molecule has 5 nitrogen and oxygen atoms in total. The van der Waals surface area contributed by atoms with E-state index in [1.165, 1.54) is 5.56 Å². The van der Waals surface area contributed by atoms with Gasteiger partial charge in [0.1, 0.15) is 18.5 Å². The molecule has 178 valence electrons. The highest BCUT2D eigenvalue weighted by Gasteiger charge is 2.17. The first-order chi connectivity index (χ1) is 15.7. The molecule has 0 heterocycles. The molecule has 0 saturated carbocycles. The predicted octanol–water partition coefficient (Wildman–Crippen LogP) is 6.45. The van der Waals surface area contributed by atoms with Gasteiger partial charge in [-0.05, 0) is 61.2 Å². The smallest absolute Gasteiger partial charge is 0.333 e. The number of ether oxygens (including phenoxy) is 3. The SMILES string of the molecule is C=C(C)C(=O)OCCCC(=O)OC(COc1ccc(C(C)C)cc1)CSc1ccc(Cl)cc1. The Balaban J connectivity index is 1.89. The van der Waals surface area contributed by atoms with Gasteiger partial charge in [-0.15, -0.1) is 11.8 Å². The number of hydrogen-bond donors (Lipinski definition) is 0.